The molecule has 8 heteroatoms. The van der Waals surface area contributed by atoms with Crippen molar-refractivity contribution in [3.05, 3.63) is 77.2 Å². The SMILES string of the molecule is O=C(Cc1ccccc1F)Nc1n[nH]c2c1CN(C(=O)Nc1ccccc1)C2. The normalized spacial score (nSPS) is 12.5. The lowest BCUT2D eigenvalue weighted by atomic mass is 10.1. The van der Waals surface area contributed by atoms with Crippen LogP contribution in [-0.2, 0) is 24.3 Å². The summed E-state index contributed by atoms with van der Waals surface area (Å²) < 4.78 is 13.7. The molecule has 4 rings (SSSR count). The lowest BCUT2D eigenvalue weighted by molar-refractivity contribution is -0.115. The molecular weight excluding hydrogens is 361 g/mol. The van der Waals surface area contributed by atoms with E-state index in [9.17, 15) is 14.0 Å². The number of nitrogens with one attached hydrogen (secondary N) is 3. The first-order chi connectivity index (χ1) is 13.6. The van der Waals surface area contributed by atoms with E-state index in [0.29, 0.717) is 30.2 Å². The van der Waals surface area contributed by atoms with Crippen LogP contribution in [-0.4, -0.2) is 27.0 Å². The molecule has 3 amide bonds. The number of carbonyl (C=O) groups excluding carboxylic acids is 2. The zero-order valence-electron chi connectivity index (χ0n) is 14.9. The number of aromatic amines is 1. The van der Waals surface area contributed by atoms with Gasteiger partial charge in [0.1, 0.15) is 5.82 Å². The Morgan fingerprint density at radius 1 is 1.04 bits per heavy atom. The van der Waals surface area contributed by atoms with E-state index >= 15 is 0 Å². The van der Waals surface area contributed by atoms with Crippen molar-refractivity contribution in [2.75, 3.05) is 10.6 Å². The standard InChI is InChI=1S/C20H18FN5O2/c21-16-9-5-4-6-13(16)10-18(27)23-19-15-11-26(12-17(15)24-25-19)20(28)22-14-7-2-1-3-8-14/h1-9H,10-12H2,(H,22,28)(H2,23,24,25,27). The number of hydrogen-bond donors (Lipinski definition) is 3. The summed E-state index contributed by atoms with van der Waals surface area (Å²) in [6, 6.07) is 15.1. The van der Waals surface area contributed by atoms with Crippen LogP contribution in [0.3, 0.4) is 0 Å². The minimum Gasteiger partial charge on any atom is -0.314 e. The molecule has 28 heavy (non-hydrogen) atoms. The molecular formula is C20H18FN5O2. The van der Waals surface area contributed by atoms with Gasteiger partial charge in [0.15, 0.2) is 5.82 Å². The van der Waals surface area contributed by atoms with Gasteiger partial charge in [0.05, 0.1) is 25.2 Å². The van der Waals surface area contributed by atoms with Gasteiger partial charge in [-0.15, -0.1) is 0 Å². The Labute approximate surface area is 160 Å². The van der Waals surface area contributed by atoms with Gasteiger partial charge >= 0.3 is 6.03 Å². The first-order valence-corrected chi connectivity index (χ1v) is 8.80. The van der Waals surface area contributed by atoms with Gasteiger partial charge in [-0.1, -0.05) is 36.4 Å². The van der Waals surface area contributed by atoms with E-state index in [4.69, 9.17) is 0 Å². The summed E-state index contributed by atoms with van der Waals surface area (Å²) in [6.45, 7) is 0.685. The van der Waals surface area contributed by atoms with Crippen molar-refractivity contribution in [1.82, 2.24) is 15.1 Å². The smallest absolute Gasteiger partial charge is 0.314 e. The van der Waals surface area contributed by atoms with Crippen LogP contribution in [0.1, 0.15) is 16.8 Å². The molecule has 1 aromatic heterocycles. The second-order valence-corrected chi connectivity index (χ2v) is 6.50. The number of rotatable bonds is 4. The summed E-state index contributed by atoms with van der Waals surface area (Å²) in [6.07, 6.45) is -0.0908. The van der Waals surface area contributed by atoms with Gasteiger partial charge in [0.25, 0.3) is 0 Å². The molecule has 0 aliphatic carbocycles. The number of para-hydroxylation sites is 1. The Balaban J connectivity index is 1.39. The third-order valence-corrected chi connectivity index (χ3v) is 4.53. The number of carbonyl (C=O) groups is 2. The third-order valence-electron chi connectivity index (χ3n) is 4.53. The predicted octanol–water partition coefficient (Wildman–Crippen LogP) is 3.28. The molecule has 3 N–H and O–H groups in total. The second-order valence-electron chi connectivity index (χ2n) is 6.50. The average molecular weight is 379 g/mol. The number of H-pyrrole nitrogens is 1. The largest absolute Gasteiger partial charge is 0.322 e. The quantitative estimate of drug-likeness (QED) is 0.650. The highest BCUT2D eigenvalue weighted by atomic mass is 19.1. The van der Waals surface area contributed by atoms with Crippen LogP contribution in [0.15, 0.2) is 54.6 Å². The molecule has 142 valence electrons. The van der Waals surface area contributed by atoms with E-state index in [1.807, 2.05) is 30.3 Å². The maximum Gasteiger partial charge on any atom is 0.322 e. The van der Waals surface area contributed by atoms with E-state index in [0.717, 1.165) is 11.3 Å². The third kappa shape index (κ3) is 3.71. The van der Waals surface area contributed by atoms with Crippen LogP contribution >= 0.6 is 0 Å². The summed E-state index contributed by atoms with van der Waals surface area (Å²) in [5, 5.41) is 12.5. The highest BCUT2D eigenvalue weighted by Crippen LogP contribution is 2.27. The molecule has 0 radical (unpaired) electrons. The van der Waals surface area contributed by atoms with Crippen LogP contribution in [0.5, 0.6) is 0 Å². The van der Waals surface area contributed by atoms with Gasteiger partial charge in [-0.3, -0.25) is 9.89 Å². The molecule has 1 aliphatic rings. The first-order valence-electron chi connectivity index (χ1n) is 8.80. The van der Waals surface area contributed by atoms with Crippen molar-refractivity contribution in [1.29, 1.82) is 0 Å². The van der Waals surface area contributed by atoms with Gasteiger partial charge < -0.3 is 15.5 Å². The van der Waals surface area contributed by atoms with E-state index in [2.05, 4.69) is 20.8 Å². The molecule has 0 saturated heterocycles. The maximum absolute atomic E-state index is 13.7. The van der Waals surface area contributed by atoms with Gasteiger partial charge in [-0.25, -0.2) is 9.18 Å². The lowest BCUT2D eigenvalue weighted by Gasteiger charge is -2.16. The highest BCUT2D eigenvalue weighted by Gasteiger charge is 2.29. The minimum absolute atomic E-state index is 0.0908. The van der Waals surface area contributed by atoms with Crippen molar-refractivity contribution >= 4 is 23.4 Å². The van der Waals surface area contributed by atoms with Crippen LogP contribution < -0.4 is 10.6 Å². The zero-order valence-corrected chi connectivity index (χ0v) is 14.9. The Hall–Kier alpha value is -3.68. The summed E-state index contributed by atoms with van der Waals surface area (Å²) in [5.41, 5.74) is 2.55. The number of benzene rings is 2. The summed E-state index contributed by atoms with van der Waals surface area (Å²) in [4.78, 5) is 26.3. The first kappa shape index (κ1) is 17.7. The number of fused-ring (bicyclic) bond motifs is 1. The molecule has 7 nitrogen and oxygen atoms in total. The highest BCUT2D eigenvalue weighted by molar-refractivity contribution is 5.93. The topological polar surface area (TPSA) is 90.1 Å². The molecule has 2 aromatic carbocycles. The number of urea groups is 1. The fourth-order valence-electron chi connectivity index (χ4n) is 3.10. The van der Waals surface area contributed by atoms with Crippen molar-refractivity contribution in [3.8, 4) is 0 Å². The van der Waals surface area contributed by atoms with Crippen molar-refractivity contribution in [2.24, 2.45) is 0 Å². The van der Waals surface area contributed by atoms with Crippen molar-refractivity contribution in [2.45, 2.75) is 19.5 Å². The fraction of sp³-hybridized carbons (Fsp3) is 0.150. The van der Waals surface area contributed by atoms with E-state index < -0.39 is 5.82 Å². The summed E-state index contributed by atoms with van der Waals surface area (Å²) in [5.74, 6) is -0.424. The number of hydrogen-bond acceptors (Lipinski definition) is 3. The molecule has 1 aliphatic heterocycles. The minimum atomic E-state index is -0.423. The second kappa shape index (κ2) is 7.51. The molecule has 0 atom stereocenters. The molecule has 0 bridgehead atoms. The number of amides is 3. The van der Waals surface area contributed by atoms with Crippen molar-refractivity contribution < 1.29 is 14.0 Å². The van der Waals surface area contributed by atoms with E-state index in [1.165, 1.54) is 6.07 Å². The Morgan fingerprint density at radius 3 is 2.57 bits per heavy atom. The Morgan fingerprint density at radius 2 is 1.79 bits per heavy atom. The number of aromatic nitrogens is 2. The van der Waals surface area contributed by atoms with Gasteiger partial charge in [0.2, 0.25) is 5.91 Å². The molecule has 2 heterocycles. The predicted molar refractivity (Wildman–Crippen MR) is 102 cm³/mol. The van der Waals surface area contributed by atoms with Crippen LogP contribution in [0.2, 0.25) is 0 Å². The molecule has 0 fully saturated rings. The van der Waals surface area contributed by atoms with E-state index in [1.54, 1.807) is 23.1 Å². The van der Waals surface area contributed by atoms with E-state index in [-0.39, 0.29) is 18.4 Å². The number of nitrogens with zero attached hydrogens (tertiary/aromatic N) is 2. The van der Waals surface area contributed by atoms with Gasteiger partial charge in [-0.2, -0.15) is 5.10 Å². The van der Waals surface area contributed by atoms with Crippen LogP contribution in [0, 0.1) is 5.82 Å². The lowest BCUT2D eigenvalue weighted by Crippen LogP contribution is -2.30. The molecule has 3 aromatic rings. The zero-order chi connectivity index (χ0) is 19.5. The summed E-state index contributed by atoms with van der Waals surface area (Å²) in [7, 11) is 0. The number of halogens is 1. The van der Waals surface area contributed by atoms with Crippen LogP contribution in [0.25, 0.3) is 0 Å². The monoisotopic (exact) mass is 379 g/mol. The number of anilines is 2. The van der Waals surface area contributed by atoms with Gasteiger partial charge in [-0.05, 0) is 23.8 Å². The van der Waals surface area contributed by atoms with Crippen LogP contribution in [0.4, 0.5) is 20.7 Å². The Bertz CT molecular complexity index is 1020. The summed E-state index contributed by atoms with van der Waals surface area (Å²) >= 11 is 0. The van der Waals surface area contributed by atoms with Crippen molar-refractivity contribution in [3.63, 3.8) is 0 Å². The fourth-order valence-corrected chi connectivity index (χ4v) is 3.10. The average Bonchev–Trinajstić information content (AvgIpc) is 3.27. The maximum atomic E-state index is 13.7. The molecule has 0 unspecified atom stereocenters. The molecule has 0 saturated carbocycles. The Kier molecular flexibility index (Phi) is 4.76. The molecule has 0 spiro atoms. The van der Waals surface area contributed by atoms with Gasteiger partial charge in [0, 0.05) is 11.3 Å².